The molecular formula is C12H9BrClN3. The molecule has 0 unspecified atom stereocenters. The summed E-state index contributed by atoms with van der Waals surface area (Å²) in [7, 11) is 1.83. The van der Waals surface area contributed by atoms with Gasteiger partial charge in [0, 0.05) is 17.6 Å². The van der Waals surface area contributed by atoms with E-state index in [0.29, 0.717) is 10.6 Å². The lowest BCUT2D eigenvalue weighted by molar-refractivity contribution is 0.775. The van der Waals surface area contributed by atoms with Crippen molar-refractivity contribution < 1.29 is 0 Å². The van der Waals surface area contributed by atoms with Gasteiger partial charge in [-0.3, -0.25) is 4.68 Å². The highest BCUT2D eigenvalue weighted by Gasteiger charge is 2.15. The van der Waals surface area contributed by atoms with E-state index in [9.17, 15) is 5.26 Å². The average molecular weight is 311 g/mol. The van der Waals surface area contributed by atoms with Crippen LogP contribution in [-0.4, -0.2) is 9.78 Å². The van der Waals surface area contributed by atoms with Crippen LogP contribution in [0, 0.1) is 18.3 Å². The minimum Gasteiger partial charge on any atom is -0.267 e. The van der Waals surface area contributed by atoms with E-state index in [2.05, 4.69) is 27.1 Å². The molecule has 0 atom stereocenters. The average Bonchev–Trinajstić information content (AvgIpc) is 2.57. The van der Waals surface area contributed by atoms with Gasteiger partial charge >= 0.3 is 0 Å². The maximum absolute atomic E-state index is 9.23. The van der Waals surface area contributed by atoms with Gasteiger partial charge in [0.05, 0.1) is 21.9 Å². The van der Waals surface area contributed by atoms with Crippen molar-refractivity contribution in [3.05, 3.63) is 39.0 Å². The summed E-state index contributed by atoms with van der Waals surface area (Å²) in [6, 6.07) is 5.79. The van der Waals surface area contributed by atoms with Crippen LogP contribution in [0.5, 0.6) is 0 Å². The van der Waals surface area contributed by atoms with Crippen molar-refractivity contribution >= 4 is 27.5 Å². The van der Waals surface area contributed by atoms with Gasteiger partial charge in [-0.05, 0) is 40.5 Å². The molecule has 0 radical (unpaired) electrons. The lowest BCUT2D eigenvalue weighted by Gasteiger charge is -2.09. The number of benzene rings is 1. The van der Waals surface area contributed by atoms with Gasteiger partial charge in [-0.25, -0.2) is 0 Å². The van der Waals surface area contributed by atoms with E-state index in [0.717, 1.165) is 21.3 Å². The Balaban J connectivity index is 2.80. The molecule has 1 heterocycles. The van der Waals surface area contributed by atoms with Crippen LogP contribution in [0.15, 0.2) is 22.8 Å². The van der Waals surface area contributed by atoms with E-state index in [4.69, 9.17) is 11.6 Å². The number of hydrogen-bond donors (Lipinski definition) is 0. The van der Waals surface area contributed by atoms with Crippen LogP contribution in [0.3, 0.4) is 0 Å². The molecule has 0 aliphatic carbocycles. The number of nitrogens with zero attached hydrogens (tertiary/aromatic N) is 3. The van der Waals surface area contributed by atoms with Gasteiger partial charge in [-0.15, -0.1) is 0 Å². The highest BCUT2D eigenvalue weighted by molar-refractivity contribution is 9.10. The number of nitriles is 1. The summed E-state index contributed by atoms with van der Waals surface area (Å²) in [6.45, 7) is 1.87. The second-order valence-corrected chi connectivity index (χ2v) is 5.01. The summed E-state index contributed by atoms with van der Waals surface area (Å²) >= 11 is 9.48. The molecule has 0 aliphatic rings. The van der Waals surface area contributed by atoms with Crippen molar-refractivity contribution in [3.8, 4) is 17.3 Å². The van der Waals surface area contributed by atoms with Gasteiger partial charge in [0.1, 0.15) is 6.07 Å². The Morgan fingerprint density at radius 1 is 1.47 bits per heavy atom. The molecule has 5 heteroatoms. The topological polar surface area (TPSA) is 41.6 Å². The molecule has 2 rings (SSSR count). The van der Waals surface area contributed by atoms with Gasteiger partial charge < -0.3 is 0 Å². The molecule has 0 N–H and O–H groups in total. The minimum atomic E-state index is 0.615. The molecule has 0 amide bonds. The summed E-state index contributed by atoms with van der Waals surface area (Å²) < 4.78 is 2.56. The normalized spacial score (nSPS) is 10.3. The van der Waals surface area contributed by atoms with Gasteiger partial charge in [-0.1, -0.05) is 11.6 Å². The lowest BCUT2D eigenvalue weighted by Crippen LogP contribution is -1.97. The molecule has 1 aromatic carbocycles. The van der Waals surface area contributed by atoms with E-state index >= 15 is 0 Å². The van der Waals surface area contributed by atoms with Crippen LogP contribution >= 0.6 is 27.5 Å². The molecule has 0 fully saturated rings. The third-order valence-electron chi connectivity index (χ3n) is 2.56. The smallest absolute Gasteiger partial charge is 0.100 e. The molecule has 0 bridgehead atoms. The molecule has 3 nitrogen and oxygen atoms in total. The molecule has 86 valence electrons. The molecule has 0 saturated heterocycles. The SMILES string of the molecule is Cc1cc(Cl)cc(-c2c(Br)cnn2C)c1C#N. The van der Waals surface area contributed by atoms with Gasteiger partial charge in [-0.2, -0.15) is 10.4 Å². The van der Waals surface area contributed by atoms with Crippen molar-refractivity contribution in [1.82, 2.24) is 9.78 Å². The number of aromatic nitrogens is 2. The van der Waals surface area contributed by atoms with Crippen molar-refractivity contribution in [2.45, 2.75) is 6.92 Å². The monoisotopic (exact) mass is 309 g/mol. The Hall–Kier alpha value is -1.31. The molecule has 2 aromatic rings. The third-order valence-corrected chi connectivity index (χ3v) is 3.36. The zero-order chi connectivity index (χ0) is 12.6. The van der Waals surface area contributed by atoms with Gasteiger partial charge in [0.2, 0.25) is 0 Å². The van der Waals surface area contributed by atoms with Crippen LogP contribution in [0.25, 0.3) is 11.3 Å². The first-order chi connectivity index (χ1) is 8.04. The molecule has 1 aromatic heterocycles. The summed E-state index contributed by atoms with van der Waals surface area (Å²) in [5.74, 6) is 0. The second kappa shape index (κ2) is 4.52. The zero-order valence-corrected chi connectivity index (χ0v) is 11.7. The van der Waals surface area contributed by atoms with E-state index in [1.807, 2.05) is 14.0 Å². The van der Waals surface area contributed by atoms with Crippen LogP contribution in [-0.2, 0) is 7.05 Å². The van der Waals surface area contributed by atoms with E-state index in [-0.39, 0.29) is 0 Å². The fourth-order valence-corrected chi connectivity index (χ4v) is 2.63. The van der Waals surface area contributed by atoms with Crippen LogP contribution in [0.4, 0.5) is 0 Å². The van der Waals surface area contributed by atoms with Crippen molar-refractivity contribution in [2.24, 2.45) is 7.05 Å². The third kappa shape index (κ3) is 2.08. The van der Waals surface area contributed by atoms with Crippen molar-refractivity contribution in [1.29, 1.82) is 5.26 Å². The fourth-order valence-electron chi connectivity index (χ4n) is 1.79. The van der Waals surface area contributed by atoms with Crippen molar-refractivity contribution in [3.63, 3.8) is 0 Å². The number of rotatable bonds is 1. The second-order valence-electron chi connectivity index (χ2n) is 3.72. The van der Waals surface area contributed by atoms with Crippen LogP contribution < -0.4 is 0 Å². The van der Waals surface area contributed by atoms with Crippen LogP contribution in [0.1, 0.15) is 11.1 Å². The quantitative estimate of drug-likeness (QED) is 0.806. The highest BCUT2D eigenvalue weighted by atomic mass is 79.9. The predicted octanol–water partition coefficient (Wildman–Crippen LogP) is 3.68. The molecule has 0 aliphatic heterocycles. The van der Waals surface area contributed by atoms with Gasteiger partial charge in [0.25, 0.3) is 0 Å². The maximum atomic E-state index is 9.23. The first kappa shape index (κ1) is 12.2. The lowest BCUT2D eigenvalue weighted by atomic mass is 10.0. The molecular weight excluding hydrogens is 302 g/mol. The standard InChI is InChI=1S/C12H9BrClN3/c1-7-3-8(14)4-9(10(7)5-15)12-11(13)6-16-17(12)2/h3-4,6H,1-2H3. The summed E-state index contributed by atoms with van der Waals surface area (Å²) in [6.07, 6.45) is 1.70. The Kier molecular flexibility index (Phi) is 3.23. The van der Waals surface area contributed by atoms with Gasteiger partial charge in [0.15, 0.2) is 0 Å². The van der Waals surface area contributed by atoms with Crippen LogP contribution in [0.2, 0.25) is 5.02 Å². The first-order valence-corrected chi connectivity index (χ1v) is 6.09. The Bertz CT molecular complexity index is 606. The molecule has 0 spiro atoms. The van der Waals surface area contributed by atoms with E-state index in [1.54, 1.807) is 23.0 Å². The zero-order valence-electron chi connectivity index (χ0n) is 9.33. The number of halogens is 2. The maximum Gasteiger partial charge on any atom is 0.100 e. The summed E-state index contributed by atoms with van der Waals surface area (Å²) in [5, 5.41) is 14.0. The fraction of sp³-hybridized carbons (Fsp3) is 0.167. The van der Waals surface area contributed by atoms with E-state index in [1.165, 1.54) is 0 Å². The first-order valence-electron chi connectivity index (χ1n) is 4.92. The number of hydrogen-bond acceptors (Lipinski definition) is 2. The molecule has 0 saturated carbocycles. The largest absolute Gasteiger partial charge is 0.267 e. The minimum absolute atomic E-state index is 0.615. The summed E-state index contributed by atoms with van der Waals surface area (Å²) in [4.78, 5) is 0. The Morgan fingerprint density at radius 2 is 2.18 bits per heavy atom. The Morgan fingerprint density at radius 3 is 2.71 bits per heavy atom. The van der Waals surface area contributed by atoms with Crippen molar-refractivity contribution in [2.75, 3.05) is 0 Å². The van der Waals surface area contributed by atoms with E-state index < -0.39 is 0 Å². The highest BCUT2D eigenvalue weighted by Crippen LogP contribution is 2.33. The molecule has 17 heavy (non-hydrogen) atoms. The number of aryl methyl sites for hydroxylation is 2. The Labute approximate surface area is 113 Å². The predicted molar refractivity (Wildman–Crippen MR) is 70.8 cm³/mol. The summed E-state index contributed by atoms with van der Waals surface area (Å²) in [5.41, 5.74) is 3.14.